The van der Waals surface area contributed by atoms with Crippen LogP contribution in [0.4, 0.5) is 0 Å². The summed E-state index contributed by atoms with van der Waals surface area (Å²) in [6.07, 6.45) is 4.16. The number of nitrogens with one attached hydrogen (secondary N) is 1. The molecule has 0 radical (unpaired) electrons. The van der Waals surface area contributed by atoms with Gasteiger partial charge in [0.25, 0.3) is 5.91 Å². The Morgan fingerprint density at radius 1 is 1.30 bits per heavy atom. The van der Waals surface area contributed by atoms with E-state index in [1.165, 1.54) is 6.33 Å². The van der Waals surface area contributed by atoms with E-state index in [-0.39, 0.29) is 11.9 Å². The highest BCUT2D eigenvalue weighted by Gasteiger charge is 2.21. The lowest BCUT2D eigenvalue weighted by molar-refractivity contribution is 0.0934. The van der Waals surface area contributed by atoms with Crippen molar-refractivity contribution in [1.82, 2.24) is 24.6 Å². The number of benzene rings is 1. The zero-order chi connectivity index (χ0) is 16.4. The molecule has 2 aromatic heterocycles. The van der Waals surface area contributed by atoms with Crippen LogP contribution in [-0.4, -0.2) is 25.2 Å². The van der Waals surface area contributed by atoms with Gasteiger partial charge >= 0.3 is 0 Å². The molecule has 0 aliphatic carbocycles. The lowest BCUT2D eigenvalue weighted by atomic mass is 10.1. The first kappa shape index (κ1) is 15.3. The summed E-state index contributed by atoms with van der Waals surface area (Å²) < 4.78 is 3.79. The molecule has 6 nitrogen and oxygen atoms in total. The zero-order valence-electron chi connectivity index (χ0n) is 13.7. The first-order chi connectivity index (χ1) is 11.2. The van der Waals surface area contributed by atoms with Crippen LogP contribution >= 0.6 is 0 Å². The predicted octanol–water partition coefficient (Wildman–Crippen LogP) is 2.67. The molecule has 0 aliphatic rings. The van der Waals surface area contributed by atoms with Gasteiger partial charge in [-0.25, -0.2) is 9.67 Å². The third-order valence-corrected chi connectivity index (χ3v) is 4.11. The van der Waals surface area contributed by atoms with E-state index in [1.807, 2.05) is 60.6 Å². The number of nitrogens with zero attached hydrogens (tertiary/aromatic N) is 4. The van der Waals surface area contributed by atoms with E-state index in [2.05, 4.69) is 15.4 Å². The number of aryl methyl sites for hydroxylation is 2. The van der Waals surface area contributed by atoms with Crippen molar-refractivity contribution in [1.29, 1.82) is 0 Å². The predicted molar refractivity (Wildman–Crippen MR) is 89.1 cm³/mol. The summed E-state index contributed by atoms with van der Waals surface area (Å²) in [5.41, 5.74) is 1.73. The van der Waals surface area contributed by atoms with Gasteiger partial charge in [0.05, 0.1) is 11.6 Å². The highest BCUT2D eigenvalue weighted by Crippen LogP contribution is 2.22. The molecule has 23 heavy (non-hydrogen) atoms. The summed E-state index contributed by atoms with van der Waals surface area (Å²) in [7, 11) is 1.95. The van der Waals surface area contributed by atoms with E-state index in [1.54, 1.807) is 0 Å². The highest BCUT2D eigenvalue weighted by atomic mass is 16.1. The summed E-state index contributed by atoms with van der Waals surface area (Å²) in [6.45, 7) is 4.77. The number of hydrogen-bond acceptors (Lipinski definition) is 3. The Morgan fingerprint density at radius 2 is 2.09 bits per heavy atom. The van der Waals surface area contributed by atoms with Gasteiger partial charge in [0.2, 0.25) is 0 Å². The zero-order valence-corrected chi connectivity index (χ0v) is 13.7. The molecule has 0 saturated heterocycles. The Bertz CT molecular complexity index is 832. The quantitative estimate of drug-likeness (QED) is 0.788. The number of aromatic nitrogens is 4. The Morgan fingerprint density at radius 3 is 2.83 bits per heavy atom. The van der Waals surface area contributed by atoms with Crippen molar-refractivity contribution in [3.05, 3.63) is 48.2 Å². The molecule has 0 aliphatic heterocycles. The highest BCUT2D eigenvalue weighted by molar-refractivity contribution is 6.07. The molecule has 120 valence electrons. The summed E-state index contributed by atoms with van der Waals surface area (Å²) in [4.78, 5) is 17.1. The molecule has 1 N–H and O–H groups in total. The Balaban J connectivity index is 1.90. The van der Waals surface area contributed by atoms with Crippen LogP contribution in [0.25, 0.3) is 10.9 Å². The van der Waals surface area contributed by atoms with Gasteiger partial charge in [-0.3, -0.25) is 4.79 Å². The standard InChI is InChI=1S/C17H21N5O/c1-4-14(16-18-11-19-22(16)5-2)20-17(23)13-10-21(3)15-9-7-6-8-12(13)15/h6-11,14H,4-5H2,1-3H3,(H,20,23). The maximum Gasteiger partial charge on any atom is 0.254 e. The Hall–Kier alpha value is -2.63. The van der Waals surface area contributed by atoms with Gasteiger partial charge in [-0.05, 0) is 19.4 Å². The molecule has 0 bridgehead atoms. The van der Waals surface area contributed by atoms with Crippen molar-refractivity contribution in [3.8, 4) is 0 Å². The van der Waals surface area contributed by atoms with Crippen LogP contribution in [-0.2, 0) is 13.6 Å². The van der Waals surface area contributed by atoms with E-state index in [4.69, 9.17) is 0 Å². The average Bonchev–Trinajstić information content (AvgIpc) is 3.17. The Labute approximate surface area is 135 Å². The maximum atomic E-state index is 12.8. The Kier molecular flexibility index (Phi) is 4.14. The van der Waals surface area contributed by atoms with Gasteiger partial charge in [-0.2, -0.15) is 5.10 Å². The van der Waals surface area contributed by atoms with Gasteiger partial charge in [-0.15, -0.1) is 0 Å². The molecule has 6 heteroatoms. The smallest absolute Gasteiger partial charge is 0.254 e. The number of amides is 1. The number of carbonyl (C=O) groups is 1. The molecule has 1 unspecified atom stereocenters. The van der Waals surface area contributed by atoms with Crippen LogP contribution in [0.2, 0.25) is 0 Å². The first-order valence-corrected chi connectivity index (χ1v) is 7.88. The lowest BCUT2D eigenvalue weighted by Gasteiger charge is -2.16. The molecule has 3 rings (SSSR count). The van der Waals surface area contributed by atoms with Crippen molar-refractivity contribution in [2.45, 2.75) is 32.9 Å². The second-order valence-electron chi connectivity index (χ2n) is 5.54. The van der Waals surface area contributed by atoms with Crippen LogP contribution < -0.4 is 5.32 Å². The van der Waals surface area contributed by atoms with E-state index < -0.39 is 0 Å². The van der Waals surface area contributed by atoms with Crippen molar-refractivity contribution in [3.63, 3.8) is 0 Å². The lowest BCUT2D eigenvalue weighted by Crippen LogP contribution is -2.30. The third kappa shape index (κ3) is 2.72. The number of hydrogen-bond donors (Lipinski definition) is 1. The van der Waals surface area contributed by atoms with Gasteiger partial charge < -0.3 is 9.88 Å². The minimum absolute atomic E-state index is 0.0840. The fourth-order valence-corrected chi connectivity index (χ4v) is 2.89. The fraction of sp³-hybridized carbons (Fsp3) is 0.353. The van der Waals surface area contributed by atoms with Gasteiger partial charge in [0, 0.05) is 30.7 Å². The molecule has 0 fully saturated rings. The van der Waals surface area contributed by atoms with Crippen LogP contribution in [0, 0.1) is 0 Å². The van der Waals surface area contributed by atoms with Crippen LogP contribution in [0.3, 0.4) is 0 Å². The average molecular weight is 311 g/mol. The third-order valence-electron chi connectivity index (χ3n) is 4.11. The molecular formula is C17H21N5O. The van der Waals surface area contributed by atoms with Crippen LogP contribution in [0.5, 0.6) is 0 Å². The summed E-state index contributed by atoms with van der Waals surface area (Å²) in [6, 6.07) is 7.76. The molecule has 0 spiro atoms. The fourth-order valence-electron chi connectivity index (χ4n) is 2.89. The number of rotatable bonds is 5. The van der Waals surface area contributed by atoms with E-state index in [0.29, 0.717) is 5.56 Å². The maximum absolute atomic E-state index is 12.8. The normalized spacial score (nSPS) is 12.5. The van der Waals surface area contributed by atoms with Crippen molar-refractivity contribution in [2.24, 2.45) is 7.05 Å². The minimum Gasteiger partial charge on any atom is -0.350 e. The minimum atomic E-state index is -0.149. The number of para-hydroxylation sites is 1. The van der Waals surface area contributed by atoms with Crippen LogP contribution in [0.1, 0.15) is 42.5 Å². The van der Waals surface area contributed by atoms with Gasteiger partial charge in [-0.1, -0.05) is 25.1 Å². The van der Waals surface area contributed by atoms with Crippen LogP contribution in [0.15, 0.2) is 36.8 Å². The summed E-state index contributed by atoms with van der Waals surface area (Å²) >= 11 is 0. The van der Waals surface area contributed by atoms with Gasteiger partial charge in [0.15, 0.2) is 0 Å². The SMILES string of the molecule is CCC(NC(=O)c1cn(C)c2ccccc12)c1ncnn1CC. The second kappa shape index (κ2) is 6.24. The summed E-state index contributed by atoms with van der Waals surface area (Å²) in [5.74, 6) is 0.711. The molecular weight excluding hydrogens is 290 g/mol. The number of carbonyl (C=O) groups excluding carboxylic acids is 1. The molecule has 1 atom stereocenters. The largest absolute Gasteiger partial charge is 0.350 e. The van der Waals surface area contributed by atoms with Crippen molar-refractivity contribution in [2.75, 3.05) is 0 Å². The van der Waals surface area contributed by atoms with Gasteiger partial charge in [0.1, 0.15) is 12.2 Å². The molecule has 2 heterocycles. The summed E-state index contributed by atoms with van der Waals surface area (Å²) in [5, 5.41) is 8.24. The molecule has 1 amide bonds. The molecule has 3 aromatic rings. The molecule has 1 aromatic carbocycles. The van der Waals surface area contributed by atoms with Crippen molar-refractivity contribution < 1.29 is 4.79 Å². The van der Waals surface area contributed by atoms with E-state index in [0.717, 1.165) is 29.7 Å². The van der Waals surface area contributed by atoms with E-state index in [9.17, 15) is 4.79 Å². The van der Waals surface area contributed by atoms with E-state index >= 15 is 0 Å². The topological polar surface area (TPSA) is 64.7 Å². The second-order valence-corrected chi connectivity index (χ2v) is 5.54. The monoisotopic (exact) mass is 311 g/mol. The van der Waals surface area contributed by atoms with Crippen molar-refractivity contribution >= 4 is 16.8 Å². The number of fused-ring (bicyclic) bond motifs is 1. The first-order valence-electron chi connectivity index (χ1n) is 7.88. The molecule has 0 saturated carbocycles.